The zero-order chi connectivity index (χ0) is 37.4. The molecule has 0 heterocycles. The molecule has 3 rings (SSSR count). The average Bonchev–Trinajstić information content (AvgIpc) is 3.19. The number of amides is 1. The lowest BCUT2D eigenvalue weighted by Crippen LogP contribution is -2.17. The highest BCUT2D eigenvalue weighted by atomic mass is 16.5. The van der Waals surface area contributed by atoms with E-state index in [0.717, 1.165) is 48.7 Å². The molecule has 0 atom stereocenters. The molecule has 3 aromatic carbocycles. The van der Waals surface area contributed by atoms with Crippen LogP contribution >= 0.6 is 0 Å². The molecule has 3 aromatic rings. The normalized spacial score (nSPS) is 11.2. The minimum absolute atomic E-state index is 0.275. The molecular formula is C47H70N2O4. The number of rotatable bonds is 32. The van der Waals surface area contributed by atoms with Crippen molar-refractivity contribution in [2.45, 2.75) is 162 Å². The maximum atomic E-state index is 12.6. The van der Waals surface area contributed by atoms with Crippen molar-refractivity contribution >= 4 is 12.1 Å². The first-order valence-corrected chi connectivity index (χ1v) is 21.2. The van der Waals surface area contributed by atoms with Crippen LogP contribution in [0.4, 0.5) is 0 Å². The third-order valence-corrected chi connectivity index (χ3v) is 9.74. The molecule has 0 aliphatic heterocycles. The van der Waals surface area contributed by atoms with Gasteiger partial charge in [-0.15, -0.1) is 0 Å². The molecule has 1 amide bonds. The van der Waals surface area contributed by atoms with Crippen LogP contribution in [0.1, 0.15) is 177 Å². The Hall–Kier alpha value is -3.80. The fourth-order valence-corrected chi connectivity index (χ4v) is 6.34. The SMILES string of the molecule is CCCCCCCCCCCCCCCCOc1ccc(/C=N/NC(=O)c2ccc(OCc3ccc(OCCCCCCCCCC)cc3)cc2)cc1. The topological polar surface area (TPSA) is 69.2 Å². The second-order valence-electron chi connectivity index (χ2n) is 14.5. The third-order valence-electron chi connectivity index (χ3n) is 9.74. The first-order valence-electron chi connectivity index (χ1n) is 21.2. The Morgan fingerprint density at radius 2 is 0.868 bits per heavy atom. The summed E-state index contributed by atoms with van der Waals surface area (Å²) in [4.78, 5) is 12.6. The number of ether oxygens (including phenoxy) is 3. The van der Waals surface area contributed by atoms with Crippen LogP contribution in [0.3, 0.4) is 0 Å². The number of carbonyl (C=O) groups is 1. The molecular weight excluding hydrogens is 657 g/mol. The molecule has 0 saturated carbocycles. The molecule has 6 heteroatoms. The Balaban J connectivity index is 1.20. The summed E-state index contributed by atoms with van der Waals surface area (Å²) in [5.41, 5.74) is 5.07. The zero-order valence-corrected chi connectivity index (χ0v) is 33.3. The fourth-order valence-electron chi connectivity index (χ4n) is 6.34. The number of nitrogens with one attached hydrogen (secondary N) is 1. The summed E-state index contributed by atoms with van der Waals surface area (Å²) in [6.45, 7) is 6.49. The van der Waals surface area contributed by atoms with Gasteiger partial charge in [0, 0.05) is 5.56 Å². The van der Waals surface area contributed by atoms with E-state index in [2.05, 4.69) is 24.4 Å². The predicted molar refractivity (Wildman–Crippen MR) is 223 cm³/mol. The summed E-state index contributed by atoms with van der Waals surface area (Å²) < 4.78 is 17.8. The summed E-state index contributed by atoms with van der Waals surface area (Å²) in [6.07, 6.45) is 31.0. The number of nitrogens with zero attached hydrogens (tertiary/aromatic N) is 1. The van der Waals surface area contributed by atoms with Crippen LogP contribution in [0.25, 0.3) is 0 Å². The summed E-state index contributed by atoms with van der Waals surface area (Å²) in [5.74, 6) is 2.18. The highest BCUT2D eigenvalue weighted by Gasteiger charge is 2.05. The third kappa shape index (κ3) is 21.5. The lowest BCUT2D eigenvalue weighted by Gasteiger charge is -2.09. The van der Waals surface area contributed by atoms with Crippen molar-refractivity contribution in [2.24, 2.45) is 5.10 Å². The Kier molecular flexibility index (Phi) is 24.4. The molecule has 0 aromatic heterocycles. The highest BCUT2D eigenvalue weighted by molar-refractivity contribution is 5.95. The van der Waals surface area contributed by atoms with Gasteiger partial charge in [-0.3, -0.25) is 4.79 Å². The molecule has 292 valence electrons. The van der Waals surface area contributed by atoms with Gasteiger partial charge in [0.1, 0.15) is 23.9 Å². The fraction of sp³-hybridized carbons (Fsp3) is 0.574. The van der Waals surface area contributed by atoms with Crippen molar-refractivity contribution in [3.05, 3.63) is 89.5 Å². The van der Waals surface area contributed by atoms with E-state index < -0.39 is 0 Å². The monoisotopic (exact) mass is 727 g/mol. The minimum Gasteiger partial charge on any atom is -0.494 e. The molecule has 0 saturated heterocycles. The Labute approximate surface area is 322 Å². The number of benzene rings is 3. The Bertz CT molecular complexity index is 1340. The standard InChI is InChI=1S/C47H70N2O4/c1-3-5-7-9-11-13-14-15-16-17-18-20-22-24-37-51-44-31-25-41(26-32-44)39-48-49-47(50)43-29-35-46(36-30-43)53-40-42-27-33-45(34-28-42)52-38-23-21-19-12-10-8-6-4-2/h25-36,39H,3-24,37-38,40H2,1-2H3,(H,49,50)/b48-39+. The van der Waals surface area contributed by atoms with Gasteiger partial charge in [-0.2, -0.15) is 5.10 Å². The first kappa shape index (κ1) is 43.6. The highest BCUT2D eigenvalue weighted by Crippen LogP contribution is 2.18. The largest absolute Gasteiger partial charge is 0.494 e. The second-order valence-corrected chi connectivity index (χ2v) is 14.5. The van der Waals surface area contributed by atoms with Crippen LogP contribution in [0.5, 0.6) is 17.2 Å². The average molecular weight is 727 g/mol. The first-order chi connectivity index (χ1) is 26.2. The molecule has 0 fully saturated rings. The molecule has 6 nitrogen and oxygen atoms in total. The zero-order valence-electron chi connectivity index (χ0n) is 33.3. The van der Waals surface area contributed by atoms with E-state index in [-0.39, 0.29) is 5.91 Å². The van der Waals surface area contributed by atoms with Crippen molar-refractivity contribution in [1.29, 1.82) is 0 Å². The van der Waals surface area contributed by atoms with Crippen molar-refractivity contribution in [1.82, 2.24) is 5.43 Å². The molecule has 1 N–H and O–H groups in total. The number of unbranched alkanes of at least 4 members (excludes halogenated alkanes) is 20. The van der Waals surface area contributed by atoms with E-state index >= 15 is 0 Å². The van der Waals surface area contributed by atoms with Gasteiger partial charge in [0.15, 0.2) is 0 Å². The minimum atomic E-state index is -0.275. The lowest BCUT2D eigenvalue weighted by atomic mass is 10.0. The van der Waals surface area contributed by atoms with Crippen molar-refractivity contribution < 1.29 is 19.0 Å². The van der Waals surface area contributed by atoms with Gasteiger partial charge in [0.2, 0.25) is 0 Å². The van der Waals surface area contributed by atoms with Crippen LogP contribution in [-0.4, -0.2) is 25.3 Å². The van der Waals surface area contributed by atoms with E-state index in [1.807, 2.05) is 48.5 Å². The number of carbonyl (C=O) groups excluding carboxylic acids is 1. The molecule has 0 aliphatic carbocycles. The molecule has 53 heavy (non-hydrogen) atoms. The molecule has 0 unspecified atom stereocenters. The smallest absolute Gasteiger partial charge is 0.271 e. The Morgan fingerprint density at radius 1 is 0.491 bits per heavy atom. The summed E-state index contributed by atoms with van der Waals surface area (Å²) in [7, 11) is 0. The van der Waals surface area contributed by atoms with Gasteiger partial charge in [0.05, 0.1) is 19.4 Å². The summed E-state index contributed by atoms with van der Waals surface area (Å²) >= 11 is 0. The van der Waals surface area contributed by atoms with Gasteiger partial charge in [-0.05, 0) is 84.6 Å². The maximum absolute atomic E-state index is 12.6. The molecule has 0 aliphatic rings. The predicted octanol–water partition coefficient (Wildman–Crippen LogP) is 13.4. The van der Waals surface area contributed by atoms with Crippen molar-refractivity contribution in [3.63, 3.8) is 0 Å². The maximum Gasteiger partial charge on any atom is 0.271 e. The molecule has 0 spiro atoms. The van der Waals surface area contributed by atoms with E-state index in [0.29, 0.717) is 17.9 Å². The van der Waals surface area contributed by atoms with Gasteiger partial charge in [-0.25, -0.2) is 5.43 Å². The van der Waals surface area contributed by atoms with Crippen LogP contribution in [0.15, 0.2) is 77.9 Å². The van der Waals surface area contributed by atoms with Gasteiger partial charge < -0.3 is 14.2 Å². The van der Waals surface area contributed by atoms with Crippen LogP contribution in [-0.2, 0) is 6.61 Å². The van der Waals surface area contributed by atoms with E-state index in [1.54, 1.807) is 30.5 Å². The quantitative estimate of drug-likeness (QED) is 0.0395. The number of hydrazone groups is 1. The van der Waals surface area contributed by atoms with E-state index in [9.17, 15) is 4.79 Å². The molecule has 0 radical (unpaired) electrons. The van der Waals surface area contributed by atoms with E-state index in [1.165, 1.54) is 128 Å². The number of hydrogen-bond acceptors (Lipinski definition) is 5. The van der Waals surface area contributed by atoms with Crippen LogP contribution in [0, 0.1) is 0 Å². The van der Waals surface area contributed by atoms with Gasteiger partial charge >= 0.3 is 0 Å². The summed E-state index contributed by atoms with van der Waals surface area (Å²) in [5, 5.41) is 4.14. The van der Waals surface area contributed by atoms with Gasteiger partial charge in [0.25, 0.3) is 5.91 Å². The second kappa shape index (κ2) is 29.6. The number of hydrogen-bond donors (Lipinski definition) is 1. The Morgan fingerprint density at radius 3 is 1.32 bits per heavy atom. The summed E-state index contributed by atoms with van der Waals surface area (Å²) in [6, 6.07) is 23.0. The van der Waals surface area contributed by atoms with Crippen LogP contribution in [0.2, 0.25) is 0 Å². The lowest BCUT2D eigenvalue weighted by molar-refractivity contribution is 0.0955. The van der Waals surface area contributed by atoms with Gasteiger partial charge in [-0.1, -0.05) is 154 Å². The van der Waals surface area contributed by atoms with Crippen molar-refractivity contribution in [2.75, 3.05) is 13.2 Å². The van der Waals surface area contributed by atoms with E-state index in [4.69, 9.17) is 14.2 Å². The van der Waals surface area contributed by atoms with Crippen molar-refractivity contribution in [3.8, 4) is 17.2 Å². The molecule has 0 bridgehead atoms. The van der Waals surface area contributed by atoms with Crippen LogP contribution < -0.4 is 19.6 Å².